The predicted molar refractivity (Wildman–Crippen MR) is 62.1 cm³/mol. The van der Waals surface area contributed by atoms with E-state index in [2.05, 4.69) is 14.9 Å². The summed E-state index contributed by atoms with van der Waals surface area (Å²) in [5.41, 5.74) is 0. The van der Waals surface area contributed by atoms with Gasteiger partial charge in [0.2, 0.25) is 0 Å². The van der Waals surface area contributed by atoms with Gasteiger partial charge in [-0.2, -0.15) is 9.40 Å². The number of sulfonamides is 1. The van der Waals surface area contributed by atoms with Crippen molar-refractivity contribution in [3.05, 3.63) is 12.3 Å². The monoisotopic (exact) mass is 273 g/mol. The molecule has 0 amide bonds. The number of methoxy groups -OCH3 is 1. The highest BCUT2D eigenvalue weighted by atomic mass is 32.2. The van der Waals surface area contributed by atoms with Gasteiger partial charge >= 0.3 is 5.97 Å². The normalized spacial score (nSPS) is 21.7. The summed E-state index contributed by atoms with van der Waals surface area (Å²) >= 11 is 0. The van der Waals surface area contributed by atoms with Crippen molar-refractivity contribution in [3.63, 3.8) is 0 Å². The van der Waals surface area contributed by atoms with Crippen LogP contribution in [0.3, 0.4) is 0 Å². The van der Waals surface area contributed by atoms with Crippen molar-refractivity contribution >= 4 is 16.0 Å². The fourth-order valence-electron chi connectivity index (χ4n) is 2.05. The van der Waals surface area contributed by atoms with Gasteiger partial charge in [0.25, 0.3) is 10.0 Å². The maximum atomic E-state index is 12.2. The number of H-pyrrole nitrogens is 1. The van der Waals surface area contributed by atoms with E-state index in [-0.39, 0.29) is 23.5 Å². The van der Waals surface area contributed by atoms with E-state index in [1.54, 1.807) is 0 Å². The topological polar surface area (TPSA) is 92.4 Å². The van der Waals surface area contributed by atoms with Gasteiger partial charge in [0.15, 0.2) is 5.03 Å². The lowest BCUT2D eigenvalue weighted by Crippen LogP contribution is -2.42. The SMILES string of the molecule is COC(=O)[C@H]1CCCN(S(=O)(=O)c2ccn[nH]2)C1. The van der Waals surface area contributed by atoms with Crippen molar-refractivity contribution in [2.24, 2.45) is 5.92 Å². The number of rotatable bonds is 3. The standard InChI is InChI=1S/C10H15N3O4S/c1-17-10(14)8-3-2-6-13(7-8)18(15,16)9-4-5-11-12-9/h4-5,8H,2-3,6-7H2,1H3,(H,11,12)/t8-/m0/s1. The fourth-order valence-corrected chi connectivity index (χ4v) is 3.47. The van der Waals surface area contributed by atoms with Gasteiger partial charge in [-0.1, -0.05) is 0 Å². The van der Waals surface area contributed by atoms with Crippen molar-refractivity contribution < 1.29 is 17.9 Å². The lowest BCUT2D eigenvalue weighted by Gasteiger charge is -2.29. The highest BCUT2D eigenvalue weighted by Gasteiger charge is 2.34. The van der Waals surface area contributed by atoms with Crippen molar-refractivity contribution in [3.8, 4) is 0 Å². The Bertz CT molecular complexity index is 511. The van der Waals surface area contributed by atoms with E-state index in [0.717, 1.165) is 0 Å². The molecule has 1 aromatic rings. The molecule has 1 aliphatic heterocycles. The van der Waals surface area contributed by atoms with Gasteiger partial charge in [-0.25, -0.2) is 8.42 Å². The zero-order valence-corrected chi connectivity index (χ0v) is 10.8. The number of aromatic nitrogens is 2. The van der Waals surface area contributed by atoms with Crippen LogP contribution in [-0.2, 0) is 19.6 Å². The van der Waals surface area contributed by atoms with Crippen LogP contribution >= 0.6 is 0 Å². The molecule has 1 saturated heterocycles. The Hall–Kier alpha value is -1.41. The Labute approximate surface area is 105 Å². The summed E-state index contributed by atoms with van der Waals surface area (Å²) in [5.74, 6) is -0.749. The molecule has 0 radical (unpaired) electrons. The Morgan fingerprint density at radius 2 is 2.39 bits per heavy atom. The summed E-state index contributed by atoms with van der Waals surface area (Å²) in [5, 5.41) is 6.12. The van der Waals surface area contributed by atoms with Gasteiger partial charge < -0.3 is 4.74 Å². The molecule has 0 unspecified atom stereocenters. The third-order valence-electron chi connectivity index (χ3n) is 3.01. The molecule has 100 valence electrons. The first-order valence-corrected chi connectivity index (χ1v) is 7.07. The number of aromatic amines is 1. The van der Waals surface area contributed by atoms with Gasteiger partial charge in [-0.3, -0.25) is 9.89 Å². The number of ether oxygens (including phenoxy) is 1. The Morgan fingerprint density at radius 1 is 1.61 bits per heavy atom. The number of hydrogen-bond acceptors (Lipinski definition) is 5. The van der Waals surface area contributed by atoms with Crippen LogP contribution < -0.4 is 0 Å². The number of carbonyl (C=O) groups excluding carboxylic acids is 1. The van der Waals surface area contributed by atoms with E-state index in [1.807, 2.05) is 0 Å². The minimum atomic E-state index is -3.59. The van der Waals surface area contributed by atoms with E-state index < -0.39 is 10.0 Å². The second-order valence-electron chi connectivity index (χ2n) is 4.15. The second kappa shape index (κ2) is 5.07. The highest BCUT2D eigenvalue weighted by molar-refractivity contribution is 7.89. The molecule has 1 fully saturated rings. The highest BCUT2D eigenvalue weighted by Crippen LogP contribution is 2.23. The average Bonchev–Trinajstić information content (AvgIpc) is 2.92. The van der Waals surface area contributed by atoms with Crippen molar-refractivity contribution in [2.75, 3.05) is 20.2 Å². The van der Waals surface area contributed by atoms with Crippen LogP contribution in [0.15, 0.2) is 17.3 Å². The summed E-state index contributed by atoms with van der Waals surface area (Å²) in [7, 11) is -2.28. The van der Waals surface area contributed by atoms with Gasteiger partial charge in [0, 0.05) is 13.1 Å². The molecule has 2 rings (SSSR count). The number of nitrogens with one attached hydrogen (secondary N) is 1. The molecule has 18 heavy (non-hydrogen) atoms. The van der Waals surface area contributed by atoms with E-state index in [9.17, 15) is 13.2 Å². The summed E-state index contributed by atoms with van der Waals surface area (Å²) in [6.45, 7) is 0.572. The molecule has 1 aromatic heterocycles. The van der Waals surface area contributed by atoms with Crippen molar-refractivity contribution in [1.82, 2.24) is 14.5 Å². The zero-order valence-electron chi connectivity index (χ0n) is 10.00. The van der Waals surface area contributed by atoms with Crippen LogP contribution in [0.25, 0.3) is 0 Å². The number of piperidine rings is 1. The first-order valence-electron chi connectivity index (χ1n) is 5.63. The molecule has 2 heterocycles. The minimum Gasteiger partial charge on any atom is -0.469 e. The van der Waals surface area contributed by atoms with Crippen LogP contribution in [0.1, 0.15) is 12.8 Å². The van der Waals surface area contributed by atoms with Crippen LogP contribution in [-0.4, -0.2) is 49.1 Å². The molecule has 0 saturated carbocycles. The third kappa shape index (κ3) is 2.39. The maximum Gasteiger partial charge on any atom is 0.309 e. The second-order valence-corrected chi connectivity index (χ2v) is 6.05. The summed E-state index contributed by atoms with van der Waals surface area (Å²) < 4.78 is 30.4. The predicted octanol–water partition coefficient (Wildman–Crippen LogP) is -0.0166. The molecule has 8 heteroatoms. The zero-order chi connectivity index (χ0) is 13.2. The minimum absolute atomic E-state index is 0.0491. The van der Waals surface area contributed by atoms with Crippen LogP contribution in [0, 0.1) is 5.92 Å². The Morgan fingerprint density at radius 3 is 3.00 bits per heavy atom. The van der Waals surface area contributed by atoms with Gasteiger partial charge in [-0.05, 0) is 18.9 Å². The first kappa shape index (κ1) is 13.0. The molecule has 0 aliphatic carbocycles. The molecule has 1 aliphatic rings. The fraction of sp³-hybridized carbons (Fsp3) is 0.600. The first-order chi connectivity index (χ1) is 8.55. The van der Waals surface area contributed by atoms with Crippen LogP contribution in [0.5, 0.6) is 0 Å². The number of nitrogens with zero attached hydrogens (tertiary/aromatic N) is 2. The van der Waals surface area contributed by atoms with Gasteiger partial charge in [0.1, 0.15) is 0 Å². The van der Waals surface area contributed by atoms with Crippen molar-refractivity contribution in [1.29, 1.82) is 0 Å². The molecule has 0 spiro atoms. The maximum absolute atomic E-state index is 12.2. The molecule has 1 atom stereocenters. The summed E-state index contributed by atoms with van der Waals surface area (Å²) in [6.07, 6.45) is 2.68. The lowest BCUT2D eigenvalue weighted by molar-refractivity contribution is -0.146. The van der Waals surface area contributed by atoms with Gasteiger partial charge in [-0.15, -0.1) is 0 Å². The summed E-state index contributed by atoms with van der Waals surface area (Å²) in [4.78, 5) is 11.5. The smallest absolute Gasteiger partial charge is 0.309 e. The molecule has 7 nitrogen and oxygen atoms in total. The Kier molecular flexibility index (Phi) is 3.67. The quantitative estimate of drug-likeness (QED) is 0.781. The molecular formula is C10H15N3O4S. The summed E-state index contributed by atoms with van der Waals surface area (Å²) in [6, 6.07) is 1.40. The number of hydrogen-bond donors (Lipinski definition) is 1. The van der Waals surface area contributed by atoms with Gasteiger partial charge in [0.05, 0.1) is 19.2 Å². The van der Waals surface area contributed by atoms with E-state index in [1.165, 1.54) is 23.7 Å². The molecule has 1 N–H and O–H groups in total. The number of esters is 1. The van der Waals surface area contributed by atoms with E-state index in [4.69, 9.17) is 0 Å². The molecule has 0 bridgehead atoms. The Balaban J connectivity index is 2.17. The van der Waals surface area contributed by atoms with Crippen LogP contribution in [0.2, 0.25) is 0 Å². The van der Waals surface area contributed by atoms with E-state index in [0.29, 0.717) is 19.4 Å². The van der Waals surface area contributed by atoms with Crippen molar-refractivity contribution in [2.45, 2.75) is 17.9 Å². The largest absolute Gasteiger partial charge is 0.469 e. The lowest BCUT2D eigenvalue weighted by atomic mass is 10.0. The molecular weight excluding hydrogens is 258 g/mol. The number of carbonyl (C=O) groups is 1. The average molecular weight is 273 g/mol. The molecule has 0 aromatic carbocycles. The van der Waals surface area contributed by atoms with Crippen LogP contribution in [0.4, 0.5) is 0 Å². The third-order valence-corrected chi connectivity index (χ3v) is 4.81. The van der Waals surface area contributed by atoms with E-state index >= 15 is 0 Å².